The molecule has 0 aromatic carbocycles. The molecule has 0 saturated carbocycles. The Balaban J connectivity index is -0.0000000383. The van der Waals surface area contributed by atoms with Crippen molar-refractivity contribution >= 4 is 29.3 Å². The average molecular weight is 186 g/mol. The molecule has 66 valence electrons. The van der Waals surface area contributed by atoms with Gasteiger partial charge < -0.3 is 11.4 Å². The standard InChI is InChI=1S/Li.HNO3.H3N.H2O4S.H/c;2-1(3)4;;1-5(2,3)4;/h;(H,2,3,4);1H3;(H2,1,2,3,4);. The Hall–Kier alpha value is -0.373. The third kappa shape index (κ3) is 4030. The Kier molecular flexibility index (Phi) is 19.6. The van der Waals surface area contributed by atoms with Crippen LogP contribution >= 0.6 is 0 Å². The molecule has 0 atom stereocenters. The van der Waals surface area contributed by atoms with E-state index in [1.807, 2.05) is 0 Å². The Morgan fingerprint density at radius 2 is 1.27 bits per heavy atom. The third-order valence-electron chi connectivity index (χ3n) is 0. The van der Waals surface area contributed by atoms with Crippen molar-refractivity contribution < 1.29 is 27.8 Å². The van der Waals surface area contributed by atoms with E-state index in [0.717, 1.165) is 0 Å². The van der Waals surface area contributed by atoms with Gasteiger partial charge in [0.2, 0.25) is 0 Å². The van der Waals surface area contributed by atoms with Gasteiger partial charge in [-0.25, -0.2) is 0 Å². The molecule has 0 aromatic rings. The minimum absolute atomic E-state index is 0. The van der Waals surface area contributed by atoms with Gasteiger partial charge in [0.05, 0.1) is 0 Å². The summed E-state index contributed by atoms with van der Waals surface area (Å²) in [6, 6.07) is 0. The molecule has 0 heterocycles. The molecule has 0 aliphatic rings. The van der Waals surface area contributed by atoms with E-state index < -0.39 is 15.5 Å². The van der Waals surface area contributed by atoms with Crippen LogP contribution in [0.4, 0.5) is 0 Å². The molecule has 11 heavy (non-hydrogen) atoms. The fourth-order valence-corrected chi connectivity index (χ4v) is 0. The van der Waals surface area contributed by atoms with E-state index in [4.69, 9.17) is 32.8 Å². The summed E-state index contributed by atoms with van der Waals surface area (Å²) in [5.41, 5.74) is 0. The van der Waals surface area contributed by atoms with Crippen molar-refractivity contribution in [2.24, 2.45) is 0 Å². The molecule has 0 bridgehead atoms. The van der Waals surface area contributed by atoms with Gasteiger partial charge in [0.1, 0.15) is 0 Å². The molecule has 0 spiro atoms. The maximum atomic E-state index is 8.74. The zero-order valence-electron chi connectivity index (χ0n) is 4.54. The van der Waals surface area contributed by atoms with E-state index >= 15 is 0 Å². The summed E-state index contributed by atoms with van der Waals surface area (Å²) >= 11 is 0. The van der Waals surface area contributed by atoms with E-state index in [1.165, 1.54) is 0 Å². The molecule has 6 N–H and O–H groups in total. The van der Waals surface area contributed by atoms with Gasteiger partial charge in [0.25, 0.3) is 5.09 Å². The summed E-state index contributed by atoms with van der Waals surface area (Å²) in [7, 11) is -4.67. The molecule has 0 rings (SSSR count). The number of hydrogen-bond donors (Lipinski definition) is 4. The fourth-order valence-electron chi connectivity index (χ4n) is 0. The molecule has 0 aliphatic carbocycles. The maximum absolute atomic E-state index is 8.74. The van der Waals surface area contributed by atoms with Crippen molar-refractivity contribution in [2.75, 3.05) is 0 Å². The second-order valence-electron chi connectivity index (χ2n) is 0.686. The monoisotopic (exact) mass is 186 g/mol. The van der Waals surface area contributed by atoms with Gasteiger partial charge in [-0.1, -0.05) is 0 Å². The summed E-state index contributed by atoms with van der Waals surface area (Å²) < 4.78 is 31.6. The first-order valence-corrected chi connectivity index (χ1v) is 2.66. The van der Waals surface area contributed by atoms with Crippen molar-refractivity contribution in [1.29, 1.82) is 0 Å². The minimum atomic E-state index is -4.67. The van der Waals surface area contributed by atoms with E-state index in [2.05, 4.69) is 0 Å². The van der Waals surface area contributed by atoms with Gasteiger partial charge in [-0.2, -0.15) is 8.42 Å². The van der Waals surface area contributed by atoms with Crippen LogP contribution in [-0.2, 0) is 10.4 Å². The molecular formula is H7LiN2O7S. The Morgan fingerprint density at radius 1 is 1.27 bits per heavy atom. The van der Waals surface area contributed by atoms with E-state index in [0.29, 0.717) is 0 Å². The van der Waals surface area contributed by atoms with Gasteiger partial charge in [0, 0.05) is 0 Å². The average Bonchev–Trinajstić information content (AvgIpc) is 1.19. The van der Waals surface area contributed by atoms with Crippen molar-refractivity contribution in [3.63, 3.8) is 0 Å². The van der Waals surface area contributed by atoms with Gasteiger partial charge in [-0.3, -0.25) is 9.11 Å². The van der Waals surface area contributed by atoms with Crippen LogP contribution in [0.5, 0.6) is 0 Å². The number of nitrogens with zero attached hydrogens (tertiary/aromatic N) is 1. The summed E-state index contributed by atoms with van der Waals surface area (Å²) in [6.45, 7) is 0. The van der Waals surface area contributed by atoms with Crippen LogP contribution in [0.1, 0.15) is 0 Å². The summed E-state index contributed by atoms with van der Waals surface area (Å²) in [5.74, 6) is 0. The van der Waals surface area contributed by atoms with Crippen molar-refractivity contribution in [2.45, 2.75) is 0 Å². The van der Waals surface area contributed by atoms with Gasteiger partial charge in [-0.05, 0) is 0 Å². The van der Waals surface area contributed by atoms with E-state index in [-0.39, 0.29) is 25.0 Å². The zero-order chi connectivity index (χ0) is 8.08. The first kappa shape index (κ1) is 22.4. The predicted molar refractivity (Wildman–Crippen MR) is 35.1 cm³/mol. The molecule has 0 fully saturated rings. The number of hydrogen-bond acceptors (Lipinski definition) is 5. The predicted octanol–water partition coefficient (Wildman–Crippen LogP) is -1.49. The molecule has 0 amide bonds. The molecule has 0 unspecified atom stereocenters. The second kappa shape index (κ2) is 9.63. The van der Waals surface area contributed by atoms with Crippen molar-refractivity contribution in [3.05, 3.63) is 10.1 Å². The normalized spacial score (nSPS) is 7.45. The molecular weight excluding hydrogens is 179 g/mol. The van der Waals surface area contributed by atoms with Gasteiger partial charge >= 0.3 is 29.3 Å². The topological polar surface area (TPSA) is 173 Å². The van der Waals surface area contributed by atoms with Crippen molar-refractivity contribution in [1.82, 2.24) is 6.15 Å². The summed E-state index contributed by atoms with van der Waals surface area (Å²) in [5, 5.41) is 13.6. The molecule has 11 heteroatoms. The first-order chi connectivity index (χ1) is 3.73. The van der Waals surface area contributed by atoms with Crippen LogP contribution in [0.15, 0.2) is 0 Å². The summed E-state index contributed by atoms with van der Waals surface area (Å²) in [6.07, 6.45) is 0. The van der Waals surface area contributed by atoms with Crippen LogP contribution in [-0.4, -0.2) is 46.7 Å². The fraction of sp³-hybridized carbons (Fsp3) is 0. The molecule has 0 aromatic heterocycles. The first-order valence-electron chi connectivity index (χ1n) is 1.26. The van der Waals surface area contributed by atoms with Crippen molar-refractivity contribution in [3.8, 4) is 0 Å². The number of rotatable bonds is 0. The Labute approximate surface area is 73.8 Å². The van der Waals surface area contributed by atoms with E-state index in [1.54, 1.807) is 0 Å². The molecule has 0 saturated heterocycles. The summed E-state index contributed by atoms with van der Waals surface area (Å²) in [4.78, 5) is 8.36. The molecule has 0 aliphatic heterocycles. The SMILES string of the molecule is N.O=S(=O)(O)O.O=[N+]([O-])O.[LiH]. The Morgan fingerprint density at radius 3 is 1.27 bits per heavy atom. The second-order valence-corrected chi connectivity index (χ2v) is 1.58. The van der Waals surface area contributed by atoms with Gasteiger partial charge in [-0.15, -0.1) is 10.1 Å². The molecule has 9 nitrogen and oxygen atoms in total. The van der Waals surface area contributed by atoms with Crippen LogP contribution < -0.4 is 6.15 Å². The Bertz CT molecular complexity index is 159. The van der Waals surface area contributed by atoms with Crippen LogP contribution in [0.3, 0.4) is 0 Å². The van der Waals surface area contributed by atoms with E-state index in [9.17, 15) is 0 Å². The zero-order valence-corrected chi connectivity index (χ0v) is 5.35. The van der Waals surface area contributed by atoms with Crippen LogP contribution in [0.2, 0.25) is 0 Å². The third-order valence-corrected chi connectivity index (χ3v) is 0. The quantitative estimate of drug-likeness (QED) is 0.153. The van der Waals surface area contributed by atoms with Crippen LogP contribution in [0, 0.1) is 10.1 Å². The molecule has 0 radical (unpaired) electrons. The van der Waals surface area contributed by atoms with Crippen LogP contribution in [0.25, 0.3) is 0 Å². The van der Waals surface area contributed by atoms with Gasteiger partial charge in [0.15, 0.2) is 0 Å².